The van der Waals surface area contributed by atoms with Gasteiger partial charge in [0.05, 0.1) is 12.7 Å². The first-order chi connectivity index (χ1) is 11.3. The van der Waals surface area contributed by atoms with Crippen LogP contribution in [0, 0.1) is 0 Å². The van der Waals surface area contributed by atoms with Gasteiger partial charge in [0.1, 0.15) is 18.3 Å². The van der Waals surface area contributed by atoms with E-state index in [-0.39, 0.29) is 11.2 Å². The van der Waals surface area contributed by atoms with Crippen LogP contribution in [0.25, 0.3) is 11.2 Å². The maximum absolute atomic E-state index is 11.7. The Morgan fingerprint density at radius 1 is 1.38 bits per heavy atom. The largest absolute Gasteiger partial charge is 0.387 e. The van der Waals surface area contributed by atoms with Crippen LogP contribution in [0.1, 0.15) is 6.23 Å². The summed E-state index contributed by atoms with van der Waals surface area (Å²) < 4.78 is 22.8. The van der Waals surface area contributed by atoms with Crippen LogP contribution >= 0.6 is 7.60 Å². The van der Waals surface area contributed by atoms with Gasteiger partial charge in [-0.05, 0) is 0 Å². The molecule has 0 aromatic carbocycles. The number of ether oxygens (including phenoxy) is 2. The highest BCUT2D eigenvalue weighted by Gasteiger charge is 2.52. The number of hydrogen-bond donors (Lipinski definition) is 5. The molecular weight excluding hydrogens is 347 g/mol. The van der Waals surface area contributed by atoms with Gasteiger partial charge in [-0.15, -0.1) is 0 Å². The number of aliphatic hydroxyl groups is 2. The molecule has 0 bridgehead atoms. The highest BCUT2D eigenvalue weighted by Crippen LogP contribution is 2.48. The Morgan fingerprint density at radius 3 is 2.71 bits per heavy atom. The van der Waals surface area contributed by atoms with Gasteiger partial charge in [-0.25, -0.2) is 9.97 Å². The maximum atomic E-state index is 11.7. The number of fused-ring (bicyclic) bond motifs is 1. The van der Waals surface area contributed by atoms with Crippen LogP contribution in [0.2, 0.25) is 0 Å². The van der Waals surface area contributed by atoms with Crippen molar-refractivity contribution < 1.29 is 34.0 Å². The molecule has 12 nitrogen and oxygen atoms in total. The number of hydrogen-bond acceptors (Lipinski definition) is 8. The van der Waals surface area contributed by atoms with Crippen molar-refractivity contribution in [2.45, 2.75) is 30.4 Å². The summed E-state index contributed by atoms with van der Waals surface area (Å²) in [6.45, 7) is 0. The molecule has 5 atom stereocenters. The van der Waals surface area contributed by atoms with Crippen molar-refractivity contribution in [1.29, 1.82) is 0 Å². The number of aromatic amines is 1. The maximum Gasteiger partial charge on any atom is 0.356 e. The molecule has 0 amide bonds. The summed E-state index contributed by atoms with van der Waals surface area (Å²) >= 11 is 0. The highest BCUT2D eigenvalue weighted by atomic mass is 31.2. The Labute approximate surface area is 133 Å². The van der Waals surface area contributed by atoms with E-state index in [1.54, 1.807) is 0 Å². The van der Waals surface area contributed by atoms with Crippen LogP contribution in [-0.4, -0.2) is 70.8 Å². The van der Waals surface area contributed by atoms with Gasteiger partial charge in [-0.1, -0.05) is 0 Å². The molecule has 1 unspecified atom stereocenters. The van der Waals surface area contributed by atoms with E-state index in [0.29, 0.717) is 0 Å². The van der Waals surface area contributed by atoms with Gasteiger partial charge < -0.3 is 34.5 Å². The van der Waals surface area contributed by atoms with Crippen molar-refractivity contribution >= 4 is 18.8 Å². The summed E-state index contributed by atoms with van der Waals surface area (Å²) in [5, 5.41) is 20.3. The molecule has 1 saturated heterocycles. The summed E-state index contributed by atoms with van der Waals surface area (Å²) in [6, 6.07) is 0. The summed E-state index contributed by atoms with van der Waals surface area (Å²) in [5.74, 6) is -1.77. The Hall–Kier alpha value is -1.66. The number of aliphatic hydroxyl groups excluding tert-OH is 2. The van der Waals surface area contributed by atoms with Gasteiger partial charge in [0.15, 0.2) is 23.2 Å². The van der Waals surface area contributed by atoms with Crippen LogP contribution in [0.4, 0.5) is 0 Å². The van der Waals surface area contributed by atoms with Crippen LogP contribution in [0.3, 0.4) is 0 Å². The van der Waals surface area contributed by atoms with Crippen molar-refractivity contribution in [1.82, 2.24) is 19.5 Å². The minimum Gasteiger partial charge on any atom is -0.387 e. The topological polar surface area (TPSA) is 180 Å². The first-order valence-corrected chi connectivity index (χ1v) is 8.43. The third-order valence-corrected chi connectivity index (χ3v) is 4.94. The average Bonchev–Trinajstić information content (AvgIpc) is 3.04. The number of methoxy groups -OCH3 is 1. The second-order valence-electron chi connectivity index (χ2n) is 5.24. The molecule has 1 aliphatic heterocycles. The molecule has 3 heterocycles. The summed E-state index contributed by atoms with van der Waals surface area (Å²) in [5.41, 5.74) is -0.432. The zero-order valence-electron chi connectivity index (χ0n) is 12.3. The Morgan fingerprint density at radius 2 is 2.08 bits per heavy atom. The van der Waals surface area contributed by atoms with E-state index in [4.69, 9.17) is 9.47 Å². The van der Waals surface area contributed by atoms with Crippen molar-refractivity contribution in [3.8, 4) is 0 Å². The molecule has 24 heavy (non-hydrogen) atoms. The van der Waals surface area contributed by atoms with Crippen LogP contribution in [0.15, 0.2) is 17.4 Å². The molecule has 3 rings (SSSR count). The molecule has 0 aliphatic carbocycles. The summed E-state index contributed by atoms with van der Waals surface area (Å²) in [6.07, 6.45) is -3.62. The second-order valence-corrected chi connectivity index (χ2v) is 6.93. The number of H-pyrrole nitrogens is 1. The lowest BCUT2D eigenvalue weighted by Crippen LogP contribution is -2.39. The third kappa shape index (κ3) is 2.67. The van der Waals surface area contributed by atoms with Crippen LogP contribution in [0.5, 0.6) is 0 Å². The minimum atomic E-state index is -4.76. The van der Waals surface area contributed by atoms with Gasteiger partial charge in [0.25, 0.3) is 5.56 Å². The van der Waals surface area contributed by atoms with E-state index < -0.39 is 43.5 Å². The molecule has 0 saturated carbocycles. The number of imidazole rings is 1. The normalized spacial score (nSPS) is 29.2. The van der Waals surface area contributed by atoms with Gasteiger partial charge >= 0.3 is 7.60 Å². The lowest BCUT2D eigenvalue weighted by Gasteiger charge is -2.24. The zero-order valence-corrected chi connectivity index (χ0v) is 13.1. The van der Waals surface area contributed by atoms with Crippen molar-refractivity contribution in [3.63, 3.8) is 0 Å². The molecule has 0 spiro atoms. The molecule has 2 aromatic rings. The smallest absolute Gasteiger partial charge is 0.356 e. The number of nitrogens with zero attached hydrogens (tertiary/aromatic N) is 3. The Kier molecular flexibility index (Phi) is 4.30. The van der Waals surface area contributed by atoms with Crippen LogP contribution in [-0.2, 0) is 14.0 Å². The third-order valence-electron chi connectivity index (χ3n) is 3.77. The predicted molar refractivity (Wildman–Crippen MR) is 76.9 cm³/mol. The van der Waals surface area contributed by atoms with Crippen molar-refractivity contribution in [2.24, 2.45) is 0 Å². The van der Waals surface area contributed by atoms with E-state index in [1.165, 1.54) is 10.9 Å². The van der Waals surface area contributed by atoms with E-state index in [1.807, 2.05) is 0 Å². The molecule has 1 fully saturated rings. The zero-order chi connectivity index (χ0) is 17.6. The lowest BCUT2D eigenvalue weighted by atomic mass is 10.1. The highest BCUT2D eigenvalue weighted by molar-refractivity contribution is 7.52. The molecule has 2 aromatic heterocycles. The fraction of sp³-hybridized carbons (Fsp3) is 0.545. The number of aromatic nitrogens is 4. The molecule has 1 aliphatic rings. The van der Waals surface area contributed by atoms with Crippen molar-refractivity contribution in [2.75, 3.05) is 7.11 Å². The first kappa shape index (κ1) is 17.2. The van der Waals surface area contributed by atoms with Crippen LogP contribution < -0.4 is 5.56 Å². The van der Waals surface area contributed by atoms with Gasteiger partial charge in [-0.3, -0.25) is 13.9 Å². The van der Waals surface area contributed by atoms with Crippen molar-refractivity contribution in [3.05, 3.63) is 23.0 Å². The number of nitrogens with one attached hydrogen (secondary N) is 1. The van der Waals surface area contributed by atoms with E-state index >= 15 is 0 Å². The molecule has 5 N–H and O–H groups in total. The first-order valence-electron chi connectivity index (χ1n) is 6.75. The second kappa shape index (κ2) is 6.01. The lowest BCUT2D eigenvalue weighted by molar-refractivity contribution is -0.0761. The molecule has 132 valence electrons. The van der Waals surface area contributed by atoms with E-state index in [2.05, 4.69) is 15.0 Å². The minimum absolute atomic E-state index is 0.00970. The summed E-state index contributed by atoms with van der Waals surface area (Å²) in [7, 11) is -3.71. The van der Waals surface area contributed by atoms with Gasteiger partial charge in [0, 0.05) is 7.11 Å². The molecular formula is C11H15N4O8P. The quantitative estimate of drug-likeness (QED) is 0.378. The standard InChI is InChI=1S/C11H15N4O8P/c1-22-11(24(19,20)21)7-5(16)6(17)10(23-7)15-3-14-4-8(15)12-2-13-9(4)18/h2-3,5-7,10-11,16-17H,1H3,(H,12,13,18)(H2,19,20,21)/t5-,6+,7+,10+,11?/m0/s1. The fourth-order valence-electron chi connectivity index (χ4n) is 2.66. The Balaban J connectivity index is 1.99. The molecule has 0 radical (unpaired) electrons. The fourth-order valence-corrected chi connectivity index (χ4v) is 3.57. The SMILES string of the molecule is COC([C@@H]1O[C@@H](n2cnc3c(=O)[nH]cnc32)[C@H](O)[C@@H]1O)P(=O)(O)O. The van der Waals surface area contributed by atoms with Gasteiger partial charge in [0.2, 0.25) is 0 Å². The number of rotatable bonds is 4. The van der Waals surface area contributed by atoms with Gasteiger partial charge in [-0.2, -0.15) is 0 Å². The summed E-state index contributed by atoms with van der Waals surface area (Å²) in [4.78, 5) is 40.4. The van der Waals surface area contributed by atoms with E-state index in [0.717, 1.165) is 13.4 Å². The average molecular weight is 362 g/mol. The Bertz CT molecular complexity index is 846. The molecule has 13 heteroatoms. The monoisotopic (exact) mass is 362 g/mol. The predicted octanol–water partition coefficient (Wildman–Crippen LogP) is -2.11. The van der Waals surface area contributed by atoms with E-state index in [9.17, 15) is 29.4 Å².